The van der Waals surface area contributed by atoms with Gasteiger partial charge in [0, 0.05) is 19.6 Å². The monoisotopic (exact) mass is 293 g/mol. The quantitative estimate of drug-likeness (QED) is 0.807. The van der Waals surface area contributed by atoms with Crippen molar-refractivity contribution in [2.75, 3.05) is 19.6 Å². The number of fused-ring (bicyclic) bond motifs is 2. The molecule has 1 fully saturated rings. The highest BCUT2D eigenvalue weighted by Gasteiger charge is 2.45. The topological polar surface area (TPSA) is 78.2 Å². The molecule has 0 saturated carbocycles. The zero-order valence-corrected chi connectivity index (χ0v) is 12.9. The molecule has 0 radical (unpaired) electrons. The van der Waals surface area contributed by atoms with Gasteiger partial charge < -0.3 is 14.6 Å². The summed E-state index contributed by atoms with van der Waals surface area (Å²) in [5, 5.41) is 0. The van der Waals surface area contributed by atoms with Crippen LogP contribution in [0.25, 0.3) is 0 Å². The maximum absolute atomic E-state index is 12.1. The molecule has 1 saturated heterocycles. The highest BCUT2D eigenvalue weighted by molar-refractivity contribution is 5.28. The van der Waals surface area contributed by atoms with Gasteiger partial charge in [0.15, 0.2) is 0 Å². The van der Waals surface area contributed by atoms with Crippen molar-refractivity contribution in [1.29, 1.82) is 0 Å². The van der Waals surface area contributed by atoms with Gasteiger partial charge in [-0.3, -0.25) is 9.78 Å². The molecule has 2 N–H and O–H groups in total. The highest BCUT2D eigenvalue weighted by atomic mass is 16.5. The van der Waals surface area contributed by atoms with Crippen LogP contribution < -0.4 is 11.2 Å². The van der Waals surface area contributed by atoms with E-state index in [1.807, 2.05) is 0 Å². The normalized spacial score (nSPS) is 21.7. The SMILES string of the molecule is CC(C)(C)CN1CCC2(CC1)OCc1[nH]c(=O)[nH]c(=O)c12. The van der Waals surface area contributed by atoms with Gasteiger partial charge in [0.2, 0.25) is 0 Å². The molecule has 0 aliphatic carbocycles. The van der Waals surface area contributed by atoms with Gasteiger partial charge in [-0.1, -0.05) is 20.8 Å². The van der Waals surface area contributed by atoms with Crippen LogP contribution in [-0.2, 0) is 16.9 Å². The molecule has 0 atom stereocenters. The first-order valence-corrected chi connectivity index (χ1v) is 7.51. The lowest BCUT2D eigenvalue weighted by Crippen LogP contribution is -2.47. The van der Waals surface area contributed by atoms with E-state index in [0.717, 1.165) is 32.5 Å². The molecule has 0 aromatic carbocycles. The number of nitrogens with one attached hydrogen (secondary N) is 2. The molecule has 6 nitrogen and oxygen atoms in total. The highest BCUT2D eigenvalue weighted by Crippen LogP contribution is 2.41. The Kier molecular flexibility index (Phi) is 3.33. The van der Waals surface area contributed by atoms with Crippen LogP contribution in [0.4, 0.5) is 0 Å². The predicted octanol–water partition coefficient (Wildman–Crippen LogP) is 0.931. The summed E-state index contributed by atoms with van der Waals surface area (Å²) in [4.78, 5) is 31.0. The van der Waals surface area contributed by atoms with Crippen LogP contribution >= 0.6 is 0 Å². The largest absolute Gasteiger partial charge is 0.364 e. The second-order valence-electron chi connectivity index (χ2n) is 7.38. The van der Waals surface area contributed by atoms with Crippen molar-refractivity contribution in [2.45, 2.75) is 45.8 Å². The van der Waals surface area contributed by atoms with E-state index in [-0.39, 0.29) is 11.0 Å². The summed E-state index contributed by atoms with van der Waals surface area (Å²) in [6.45, 7) is 9.88. The molecule has 21 heavy (non-hydrogen) atoms. The summed E-state index contributed by atoms with van der Waals surface area (Å²) in [6.07, 6.45) is 1.59. The fourth-order valence-corrected chi connectivity index (χ4v) is 3.54. The van der Waals surface area contributed by atoms with Crippen molar-refractivity contribution >= 4 is 0 Å². The van der Waals surface area contributed by atoms with Gasteiger partial charge in [-0.25, -0.2) is 4.79 Å². The summed E-state index contributed by atoms with van der Waals surface area (Å²) in [5.41, 5.74) is 0.286. The third-order valence-corrected chi connectivity index (χ3v) is 4.33. The van der Waals surface area contributed by atoms with E-state index >= 15 is 0 Å². The van der Waals surface area contributed by atoms with Crippen molar-refractivity contribution in [3.8, 4) is 0 Å². The molecule has 0 unspecified atom stereocenters. The zero-order valence-electron chi connectivity index (χ0n) is 12.9. The van der Waals surface area contributed by atoms with Crippen LogP contribution in [0.15, 0.2) is 9.59 Å². The maximum Gasteiger partial charge on any atom is 0.325 e. The summed E-state index contributed by atoms with van der Waals surface area (Å²) >= 11 is 0. The van der Waals surface area contributed by atoms with E-state index in [0.29, 0.717) is 17.9 Å². The van der Waals surface area contributed by atoms with Crippen LogP contribution in [0.3, 0.4) is 0 Å². The minimum absolute atomic E-state index is 0.266. The minimum Gasteiger partial charge on any atom is -0.364 e. The minimum atomic E-state index is -0.512. The summed E-state index contributed by atoms with van der Waals surface area (Å²) in [6, 6.07) is 0. The van der Waals surface area contributed by atoms with Crippen molar-refractivity contribution < 1.29 is 4.74 Å². The first kappa shape index (κ1) is 14.5. The van der Waals surface area contributed by atoms with Gasteiger partial charge in [0.25, 0.3) is 5.56 Å². The van der Waals surface area contributed by atoms with E-state index in [9.17, 15) is 9.59 Å². The zero-order chi connectivity index (χ0) is 15.3. The van der Waals surface area contributed by atoms with Gasteiger partial charge in [0.1, 0.15) is 5.60 Å². The third-order valence-electron chi connectivity index (χ3n) is 4.33. The molecule has 1 aromatic rings. The van der Waals surface area contributed by atoms with E-state index in [2.05, 4.69) is 35.6 Å². The molecular formula is C15H23N3O3. The number of rotatable bonds is 1. The van der Waals surface area contributed by atoms with Gasteiger partial charge >= 0.3 is 5.69 Å². The Labute approximate surface area is 123 Å². The summed E-state index contributed by atoms with van der Waals surface area (Å²) in [7, 11) is 0. The number of hydrogen-bond acceptors (Lipinski definition) is 4. The molecule has 1 aromatic heterocycles. The van der Waals surface area contributed by atoms with Crippen LogP contribution in [0.2, 0.25) is 0 Å². The van der Waals surface area contributed by atoms with Crippen LogP contribution in [0, 0.1) is 5.41 Å². The van der Waals surface area contributed by atoms with E-state index < -0.39 is 11.3 Å². The van der Waals surface area contributed by atoms with E-state index in [1.165, 1.54) is 0 Å². The average molecular weight is 293 g/mol. The number of H-pyrrole nitrogens is 2. The summed E-state index contributed by atoms with van der Waals surface area (Å²) in [5.74, 6) is 0. The summed E-state index contributed by atoms with van der Waals surface area (Å²) < 4.78 is 5.95. The lowest BCUT2D eigenvalue weighted by atomic mass is 9.84. The standard InChI is InChI=1S/C15H23N3O3/c1-14(2,3)9-18-6-4-15(5-7-18)11-10(8-21-15)16-13(20)17-12(11)19/h4-9H2,1-3H3,(H2,16,17,19,20). The molecule has 116 valence electrons. The van der Waals surface area contributed by atoms with Crippen molar-refractivity contribution in [3.63, 3.8) is 0 Å². The van der Waals surface area contributed by atoms with Crippen LogP contribution in [-0.4, -0.2) is 34.5 Å². The Morgan fingerprint density at radius 2 is 1.86 bits per heavy atom. The van der Waals surface area contributed by atoms with Gasteiger partial charge in [-0.15, -0.1) is 0 Å². The number of piperidine rings is 1. The predicted molar refractivity (Wildman–Crippen MR) is 79.3 cm³/mol. The number of likely N-dealkylation sites (tertiary alicyclic amines) is 1. The molecule has 2 aliphatic rings. The number of aromatic nitrogens is 2. The van der Waals surface area contributed by atoms with Crippen LogP contribution in [0.1, 0.15) is 44.9 Å². The van der Waals surface area contributed by atoms with Crippen molar-refractivity contribution in [2.24, 2.45) is 5.41 Å². The van der Waals surface area contributed by atoms with E-state index in [4.69, 9.17) is 4.74 Å². The molecule has 6 heteroatoms. The number of hydrogen-bond donors (Lipinski definition) is 2. The lowest BCUT2D eigenvalue weighted by Gasteiger charge is -2.40. The Hall–Kier alpha value is -1.40. The van der Waals surface area contributed by atoms with Crippen molar-refractivity contribution in [1.82, 2.24) is 14.9 Å². The van der Waals surface area contributed by atoms with E-state index in [1.54, 1.807) is 0 Å². The molecule has 1 spiro atoms. The maximum atomic E-state index is 12.1. The molecule has 3 rings (SSSR count). The molecule has 2 aliphatic heterocycles. The Balaban J connectivity index is 1.82. The number of aromatic amines is 2. The first-order valence-electron chi connectivity index (χ1n) is 7.51. The first-order chi connectivity index (χ1) is 9.79. The Bertz CT molecular complexity index is 645. The molecule has 3 heterocycles. The molecule has 0 amide bonds. The fraction of sp³-hybridized carbons (Fsp3) is 0.733. The van der Waals surface area contributed by atoms with Gasteiger partial charge in [0.05, 0.1) is 17.9 Å². The van der Waals surface area contributed by atoms with Crippen LogP contribution in [0.5, 0.6) is 0 Å². The number of nitrogens with zero attached hydrogens (tertiary/aromatic N) is 1. The third kappa shape index (κ3) is 2.70. The van der Waals surface area contributed by atoms with Gasteiger partial charge in [-0.05, 0) is 18.3 Å². The van der Waals surface area contributed by atoms with Gasteiger partial charge in [-0.2, -0.15) is 0 Å². The average Bonchev–Trinajstić information content (AvgIpc) is 2.70. The Morgan fingerprint density at radius 3 is 2.48 bits per heavy atom. The smallest absolute Gasteiger partial charge is 0.325 e. The van der Waals surface area contributed by atoms with Crippen molar-refractivity contribution in [3.05, 3.63) is 32.1 Å². The second kappa shape index (κ2) is 4.81. The number of ether oxygens (including phenoxy) is 1. The second-order valence-corrected chi connectivity index (χ2v) is 7.38. The molecule has 0 bridgehead atoms. The molecular weight excluding hydrogens is 270 g/mol. The Morgan fingerprint density at radius 1 is 1.19 bits per heavy atom. The fourth-order valence-electron chi connectivity index (χ4n) is 3.54. The lowest BCUT2D eigenvalue weighted by molar-refractivity contribution is -0.0826.